The van der Waals surface area contributed by atoms with Gasteiger partial charge in [-0.15, -0.1) is 0 Å². The highest BCUT2D eigenvalue weighted by Crippen LogP contribution is 2.34. The Bertz CT molecular complexity index is 1370. The second-order valence-electron chi connectivity index (χ2n) is 6.94. The first-order chi connectivity index (χ1) is 16.4. The van der Waals surface area contributed by atoms with Gasteiger partial charge in [-0.1, -0.05) is 24.3 Å². The summed E-state index contributed by atoms with van der Waals surface area (Å²) >= 11 is 1.19. The number of aliphatic imine (C=N–C) groups is 1. The Hall–Kier alpha value is -3.76. The Labute approximate surface area is 201 Å². The third-order valence-corrected chi connectivity index (χ3v) is 6.83. The summed E-state index contributed by atoms with van der Waals surface area (Å²) in [6.07, 6.45) is 1.66. The lowest BCUT2D eigenvalue weighted by atomic mass is 10.2. The predicted octanol–water partition coefficient (Wildman–Crippen LogP) is 4.36. The van der Waals surface area contributed by atoms with Crippen molar-refractivity contribution in [2.24, 2.45) is 4.99 Å². The fraction of sp³-hybridized carbons (Fsp3) is 0.0833. The van der Waals surface area contributed by atoms with Crippen molar-refractivity contribution in [3.63, 3.8) is 0 Å². The van der Waals surface area contributed by atoms with Crippen LogP contribution >= 0.6 is 11.8 Å². The highest BCUT2D eigenvalue weighted by atomic mass is 32.2. The number of amides is 1. The van der Waals surface area contributed by atoms with Crippen molar-refractivity contribution in [1.29, 1.82) is 0 Å². The van der Waals surface area contributed by atoms with Gasteiger partial charge in [0.2, 0.25) is 0 Å². The van der Waals surface area contributed by atoms with E-state index in [1.54, 1.807) is 67.8 Å². The van der Waals surface area contributed by atoms with Crippen molar-refractivity contribution in [3.05, 3.63) is 83.3 Å². The van der Waals surface area contributed by atoms with E-state index in [0.717, 1.165) is 0 Å². The van der Waals surface area contributed by atoms with E-state index < -0.39 is 10.1 Å². The fourth-order valence-electron chi connectivity index (χ4n) is 3.00. The van der Waals surface area contributed by atoms with E-state index in [-0.39, 0.29) is 22.3 Å². The van der Waals surface area contributed by atoms with Crippen LogP contribution in [0.4, 0.5) is 5.69 Å². The molecule has 10 heteroatoms. The molecule has 4 rings (SSSR count). The summed E-state index contributed by atoms with van der Waals surface area (Å²) in [5.41, 5.74) is 1.30. The molecule has 0 bridgehead atoms. The molecule has 34 heavy (non-hydrogen) atoms. The number of methoxy groups -OCH3 is 2. The van der Waals surface area contributed by atoms with Crippen molar-refractivity contribution in [3.8, 4) is 17.2 Å². The van der Waals surface area contributed by atoms with Crippen LogP contribution in [0.25, 0.3) is 6.08 Å². The van der Waals surface area contributed by atoms with Gasteiger partial charge >= 0.3 is 10.1 Å². The highest BCUT2D eigenvalue weighted by Gasteiger charge is 2.24. The van der Waals surface area contributed by atoms with Gasteiger partial charge in [-0.05, 0) is 71.9 Å². The van der Waals surface area contributed by atoms with Gasteiger partial charge in [-0.2, -0.15) is 8.42 Å². The quantitative estimate of drug-likeness (QED) is 0.383. The summed E-state index contributed by atoms with van der Waals surface area (Å²) in [4.78, 5) is 17.3. The molecule has 0 saturated carbocycles. The molecule has 8 nitrogen and oxygen atoms in total. The van der Waals surface area contributed by atoms with Crippen LogP contribution in [-0.4, -0.2) is 33.7 Å². The smallest absolute Gasteiger partial charge is 0.339 e. The zero-order valence-corrected chi connectivity index (χ0v) is 19.9. The molecular weight excluding hydrogens is 476 g/mol. The number of ether oxygens (including phenoxy) is 2. The second-order valence-corrected chi connectivity index (χ2v) is 9.52. The molecule has 1 heterocycles. The maximum Gasteiger partial charge on any atom is 0.339 e. The van der Waals surface area contributed by atoms with E-state index in [0.29, 0.717) is 27.1 Å². The number of rotatable bonds is 7. The molecule has 3 aromatic carbocycles. The van der Waals surface area contributed by atoms with Gasteiger partial charge in [0.25, 0.3) is 5.91 Å². The van der Waals surface area contributed by atoms with Gasteiger partial charge in [0.15, 0.2) is 16.7 Å². The second kappa shape index (κ2) is 10.0. The molecule has 0 radical (unpaired) electrons. The number of carbonyl (C=O) groups excluding carboxylic acids is 1. The summed E-state index contributed by atoms with van der Waals surface area (Å²) < 4.78 is 40.8. The van der Waals surface area contributed by atoms with Crippen LogP contribution in [0, 0.1) is 0 Å². The number of amidine groups is 1. The predicted molar refractivity (Wildman–Crippen MR) is 131 cm³/mol. The number of nitrogens with one attached hydrogen (secondary N) is 1. The number of benzene rings is 3. The molecule has 3 aromatic rings. The summed E-state index contributed by atoms with van der Waals surface area (Å²) in [5.74, 6) is 0.678. The van der Waals surface area contributed by atoms with E-state index in [4.69, 9.17) is 13.7 Å². The van der Waals surface area contributed by atoms with E-state index >= 15 is 0 Å². The average Bonchev–Trinajstić information content (AvgIpc) is 3.19. The Balaban J connectivity index is 1.53. The lowest BCUT2D eigenvalue weighted by Crippen LogP contribution is -2.19. The monoisotopic (exact) mass is 496 g/mol. The average molecular weight is 497 g/mol. The Morgan fingerprint density at radius 2 is 1.65 bits per heavy atom. The Morgan fingerprint density at radius 3 is 2.32 bits per heavy atom. The third-order valence-electron chi connectivity index (χ3n) is 4.67. The van der Waals surface area contributed by atoms with Gasteiger partial charge in [-0.3, -0.25) is 4.79 Å². The van der Waals surface area contributed by atoms with Crippen LogP contribution in [-0.2, 0) is 14.9 Å². The van der Waals surface area contributed by atoms with Gasteiger partial charge in [0, 0.05) is 0 Å². The standard InChI is InChI=1S/C24H20N2O6S2/c1-30-18-11-9-17(10-12-18)25-24-26-23(27)22(33-24)15-16-8-13-20(21(14-16)31-2)32-34(28,29)19-6-4-3-5-7-19/h3-15H,1-2H3,(H,25,26,27)/b22-15-. The fourth-order valence-corrected chi connectivity index (χ4v) is 4.80. The van der Waals surface area contributed by atoms with E-state index in [1.165, 1.54) is 37.1 Å². The molecule has 174 valence electrons. The van der Waals surface area contributed by atoms with Crippen molar-refractivity contribution < 1.29 is 26.9 Å². The zero-order valence-electron chi connectivity index (χ0n) is 18.2. The first-order valence-corrected chi connectivity index (χ1v) is 12.2. The molecule has 1 aliphatic rings. The number of carbonyl (C=O) groups is 1. The number of hydrogen-bond donors (Lipinski definition) is 1. The topological polar surface area (TPSA) is 103 Å². The maximum atomic E-state index is 12.5. The molecule has 1 N–H and O–H groups in total. The summed E-state index contributed by atoms with van der Waals surface area (Å²) in [6.45, 7) is 0. The molecule has 0 aromatic heterocycles. The Morgan fingerprint density at radius 1 is 0.912 bits per heavy atom. The normalized spacial score (nSPS) is 15.9. The van der Waals surface area contributed by atoms with Crippen LogP contribution in [0.15, 0.2) is 87.6 Å². The molecule has 1 saturated heterocycles. The number of thioether (sulfide) groups is 1. The minimum Gasteiger partial charge on any atom is -0.497 e. The van der Waals surface area contributed by atoms with Crippen LogP contribution in [0.3, 0.4) is 0 Å². The Kier molecular flexibility index (Phi) is 6.90. The lowest BCUT2D eigenvalue weighted by Gasteiger charge is -2.11. The number of hydrogen-bond acceptors (Lipinski definition) is 8. The van der Waals surface area contributed by atoms with Crippen LogP contribution in [0.2, 0.25) is 0 Å². The minimum absolute atomic E-state index is 0.0333. The van der Waals surface area contributed by atoms with Crippen LogP contribution in [0.5, 0.6) is 17.2 Å². The zero-order chi connectivity index (χ0) is 24.1. The highest BCUT2D eigenvalue weighted by molar-refractivity contribution is 8.18. The molecule has 0 aliphatic carbocycles. The van der Waals surface area contributed by atoms with E-state index in [1.807, 2.05) is 0 Å². The third kappa shape index (κ3) is 5.41. The van der Waals surface area contributed by atoms with Crippen molar-refractivity contribution in [2.75, 3.05) is 14.2 Å². The molecule has 0 unspecified atom stereocenters. The minimum atomic E-state index is -4.02. The first kappa shape index (κ1) is 23.4. The number of nitrogens with zero attached hydrogens (tertiary/aromatic N) is 1. The molecule has 1 amide bonds. The molecule has 0 spiro atoms. The van der Waals surface area contributed by atoms with Crippen LogP contribution in [0.1, 0.15) is 5.56 Å². The van der Waals surface area contributed by atoms with Gasteiger partial charge in [0.05, 0.1) is 24.8 Å². The van der Waals surface area contributed by atoms with Gasteiger partial charge < -0.3 is 19.0 Å². The summed E-state index contributed by atoms with van der Waals surface area (Å²) in [7, 11) is -1.03. The van der Waals surface area contributed by atoms with E-state index in [2.05, 4.69) is 10.3 Å². The largest absolute Gasteiger partial charge is 0.497 e. The molecule has 0 atom stereocenters. The first-order valence-electron chi connectivity index (χ1n) is 9.99. The van der Waals surface area contributed by atoms with Crippen molar-refractivity contribution >= 4 is 44.7 Å². The summed E-state index contributed by atoms with van der Waals surface area (Å²) in [5, 5.41) is 3.18. The van der Waals surface area contributed by atoms with E-state index in [9.17, 15) is 13.2 Å². The molecule has 1 aliphatic heterocycles. The maximum absolute atomic E-state index is 12.5. The molecular formula is C24H20N2O6S2. The lowest BCUT2D eigenvalue weighted by molar-refractivity contribution is -0.115. The van der Waals surface area contributed by atoms with Crippen molar-refractivity contribution in [1.82, 2.24) is 5.32 Å². The van der Waals surface area contributed by atoms with Crippen molar-refractivity contribution in [2.45, 2.75) is 4.90 Å². The summed E-state index contributed by atoms with van der Waals surface area (Å²) in [6, 6.07) is 19.7. The van der Waals surface area contributed by atoms with Gasteiger partial charge in [0.1, 0.15) is 10.6 Å². The molecule has 1 fully saturated rings. The van der Waals surface area contributed by atoms with Crippen LogP contribution < -0.4 is 19.0 Å². The SMILES string of the molecule is COc1ccc(N=C2NC(=O)/C(=C/c3ccc(OS(=O)(=O)c4ccccc4)c(OC)c3)S2)cc1. The van der Waals surface area contributed by atoms with Gasteiger partial charge in [-0.25, -0.2) is 4.99 Å².